The van der Waals surface area contributed by atoms with Gasteiger partial charge in [-0.3, -0.25) is 0 Å². The van der Waals surface area contributed by atoms with Crippen LogP contribution in [0.4, 0.5) is 4.39 Å². The minimum absolute atomic E-state index is 0.200. The van der Waals surface area contributed by atoms with E-state index in [2.05, 4.69) is 10.2 Å². The number of halogens is 2. The molecule has 0 aliphatic carbocycles. The van der Waals surface area contributed by atoms with Crippen LogP contribution in [-0.2, 0) is 18.9 Å². The molecule has 0 spiro atoms. The van der Waals surface area contributed by atoms with Gasteiger partial charge in [0.2, 0.25) is 0 Å². The van der Waals surface area contributed by atoms with E-state index in [0.717, 1.165) is 22.2 Å². The van der Waals surface area contributed by atoms with Crippen LogP contribution < -0.4 is 9.47 Å². The summed E-state index contributed by atoms with van der Waals surface area (Å²) in [5.74, 6) is 2.27. The summed E-state index contributed by atoms with van der Waals surface area (Å²) in [5.41, 5.74) is 1.14. The van der Waals surface area contributed by atoms with Crippen molar-refractivity contribution in [3.63, 3.8) is 0 Å². The van der Waals surface area contributed by atoms with Gasteiger partial charge in [-0.2, -0.15) is 0 Å². The second kappa shape index (κ2) is 9.10. The lowest BCUT2D eigenvalue weighted by atomic mass is 10.2. The average Bonchev–Trinajstić information content (AvgIpc) is 3.07. The minimum Gasteiger partial charge on any atom is -0.497 e. The van der Waals surface area contributed by atoms with Gasteiger partial charge in [0.1, 0.15) is 23.9 Å². The van der Waals surface area contributed by atoms with E-state index in [1.807, 2.05) is 35.8 Å². The van der Waals surface area contributed by atoms with Gasteiger partial charge in [-0.25, -0.2) is 4.39 Å². The summed E-state index contributed by atoms with van der Waals surface area (Å²) in [6.45, 7) is 2.93. The fraction of sp³-hybridized carbons (Fsp3) is 0.263. The van der Waals surface area contributed by atoms with Crippen LogP contribution in [-0.4, -0.2) is 21.9 Å². The summed E-state index contributed by atoms with van der Waals surface area (Å²) in [4.78, 5) is 0. The van der Waals surface area contributed by atoms with Crippen LogP contribution >= 0.6 is 23.4 Å². The van der Waals surface area contributed by atoms with E-state index < -0.39 is 5.82 Å². The third-order valence-corrected chi connectivity index (χ3v) is 5.20. The van der Waals surface area contributed by atoms with Gasteiger partial charge in [0.15, 0.2) is 11.0 Å². The topological polar surface area (TPSA) is 49.2 Å². The SMILES string of the molecule is CCn1c(COc2ccc(F)cc2Cl)nnc1SCc1cccc(OC)c1. The number of hydrogen-bond acceptors (Lipinski definition) is 5. The average molecular weight is 408 g/mol. The molecule has 3 rings (SSSR count). The number of thioether (sulfide) groups is 1. The summed E-state index contributed by atoms with van der Waals surface area (Å²) in [6, 6.07) is 12.0. The molecule has 0 aliphatic heterocycles. The normalized spacial score (nSPS) is 10.8. The molecule has 2 aromatic carbocycles. The Morgan fingerprint density at radius 2 is 2.04 bits per heavy atom. The molecule has 1 heterocycles. The summed E-state index contributed by atoms with van der Waals surface area (Å²) in [7, 11) is 1.65. The first kappa shape index (κ1) is 19.5. The Labute approximate surface area is 166 Å². The number of nitrogens with zero attached hydrogens (tertiary/aromatic N) is 3. The molecular formula is C19H19ClFN3O2S. The second-order valence-corrected chi connectivity index (χ2v) is 7.00. The Hall–Kier alpha value is -2.25. The molecule has 0 radical (unpaired) electrons. The van der Waals surface area contributed by atoms with Gasteiger partial charge in [-0.1, -0.05) is 35.5 Å². The highest BCUT2D eigenvalue weighted by atomic mass is 35.5. The highest BCUT2D eigenvalue weighted by Crippen LogP contribution is 2.27. The first-order chi connectivity index (χ1) is 13.1. The molecule has 0 N–H and O–H groups in total. The van der Waals surface area contributed by atoms with Gasteiger partial charge >= 0.3 is 0 Å². The Kier molecular flexibility index (Phi) is 6.58. The largest absolute Gasteiger partial charge is 0.497 e. The van der Waals surface area contributed by atoms with Crippen molar-refractivity contribution in [1.82, 2.24) is 14.8 Å². The molecule has 27 heavy (non-hydrogen) atoms. The number of ether oxygens (including phenoxy) is 2. The van der Waals surface area contributed by atoms with E-state index in [4.69, 9.17) is 21.1 Å². The predicted octanol–water partition coefficient (Wildman–Crippen LogP) is 4.97. The number of hydrogen-bond donors (Lipinski definition) is 0. The van der Waals surface area contributed by atoms with Crippen LogP contribution in [0, 0.1) is 5.82 Å². The van der Waals surface area contributed by atoms with Crippen LogP contribution in [0.2, 0.25) is 5.02 Å². The first-order valence-electron chi connectivity index (χ1n) is 8.36. The maximum absolute atomic E-state index is 13.1. The monoisotopic (exact) mass is 407 g/mol. The Balaban J connectivity index is 1.67. The molecule has 0 amide bonds. The fourth-order valence-electron chi connectivity index (χ4n) is 2.49. The molecule has 1 aromatic heterocycles. The number of aromatic nitrogens is 3. The lowest BCUT2D eigenvalue weighted by Crippen LogP contribution is -2.07. The Bertz CT molecular complexity index is 920. The minimum atomic E-state index is -0.402. The standard InChI is InChI=1S/C19H19ClFN3O2S/c1-3-24-18(11-26-17-8-7-14(21)10-16(17)20)22-23-19(24)27-12-13-5-4-6-15(9-13)25-2/h4-10H,3,11-12H2,1-2H3. The van der Waals surface area contributed by atoms with Crippen molar-refractivity contribution in [3.05, 3.63) is 64.7 Å². The van der Waals surface area contributed by atoms with Gasteiger partial charge in [0.05, 0.1) is 12.1 Å². The van der Waals surface area contributed by atoms with Crippen molar-refractivity contribution >= 4 is 23.4 Å². The molecule has 142 valence electrons. The van der Waals surface area contributed by atoms with E-state index in [9.17, 15) is 4.39 Å². The summed E-state index contributed by atoms with van der Waals surface area (Å²) in [5, 5.41) is 9.52. The molecule has 0 fully saturated rings. The van der Waals surface area contributed by atoms with Crippen molar-refractivity contribution in [1.29, 1.82) is 0 Å². The highest BCUT2D eigenvalue weighted by molar-refractivity contribution is 7.98. The second-order valence-electron chi connectivity index (χ2n) is 5.65. The van der Waals surface area contributed by atoms with Gasteiger partial charge < -0.3 is 14.0 Å². The molecule has 0 bridgehead atoms. The van der Waals surface area contributed by atoms with E-state index >= 15 is 0 Å². The van der Waals surface area contributed by atoms with E-state index in [1.165, 1.54) is 18.2 Å². The Morgan fingerprint density at radius 1 is 1.19 bits per heavy atom. The summed E-state index contributed by atoms with van der Waals surface area (Å²) in [6.07, 6.45) is 0. The predicted molar refractivity (Wildman–Crippen MR) is 104 cm³/mol. The molecule has 0 atom stereocenters. The van der Waals surface area contributed by atoms with Crippen molar-refractivity contribution in [2.45, 2.75) is 31.0 Å². The molecule has 0 unspecified atom stereocenters. The van der Waals surface area contributed by atoms with Gasteiger partial charge in [0.25, 0.3) is 0 Å². The molecule has 5 nitrogen and oxygen atoms in total. The van der Waals surface area contributed by atoms with Crippen LogP contribution in [0.1, 0.15) is 18.3 Å². The quantitative estimate of drug-likeness (QED) is 0.493. The molecule has 3 aromatic rings. The Morgan fingerprint density at radius 3 is 2.78 bits per heavy atom. The van der Waals surface area contributed by atoms with Gasteiger partial charge in [0, 0.05) is 12.3 Å². The van der Waals surface area contributed by atoms with E-state index in [0.29, 0.717) is 18.1 Å². The zero-order valence-electron chi connectivity index (χ0n) is 15.0. The summed E-state index contributed by atoms with van der Waals surface area (Å²) >= 11 is 7.59. The number of rotatable bonds is 8. The molecular weight excluding hydrogens is 389 g/mol. The van der Waals surface area contributed by atoms with Crippen molar-refractivity contribution in [2.75, 3.05) is 7.11 Å². The van der Waals surface area contributed by atoms with Crippen molar-refractivity contribution in [3.8, 4) is 11.5 Å². The zero-order valence-corrected chi connectivity index (χ0v) is 16.6. The number of benzene rings is 2. The fourth-order valence-corrected chi connectivity index (χ4v) is 3.68. The maximum atomic E-state index is 13.1. The van der Waals surface area contributed by atoms with Crippen LogP contribution in [0.15, 0.2) is 47.6 Å². The van der Waals surface area contributed by atoms with Crippen molar-refractivity contribution in [2.24, 2.45) is 0 Å². The highest BCUT2D eigenvalue weighted by Gasteiger charge is 2.13. The number of methoxy groups -OCH3 is 1. The summed E-state index contributed by atoms with van der Waals surface area (Å²) < 4.78 is 26.0. The smallest absolute Gasteiger partial charge is 0.191 e. The van der Waals surface area contributed by atoms with Gasteiger partial charge in [-0.05, 0) is 42.8 Å². The molecule has 0 aliphatic rings. The first-order valence-corrected chi connectivity index (χ1v) is 9.72. The van der Waals surface area contributed by atoms with Crippen LogP contribution in [0.3, 0.4) is 0 Å². The maximum Gasteiger partial charge on any atom is 0.191 e. The van der Waals surface area contributed by atoms with Gasteiger partial charge in [-0.15, -0.1) is 10.2 Å². The van der Waals surface area contributed by atoms with E-state index in [-0.39, 0.29) is 11.6 Å². The lowest BCUT2D eigenvalue weighted by molar-refractivity contribution is 0.288. The molecule has 0 saturated carbocycles. The van der Waals surface area contributed by atoms with E-state index in [1.54, 1.807) is 18.9 Å². The third-order valence-electron chi connectivity index (χ3n) is 3.86. The third kappa shape index (κ3) is 4.93. The van der Waals surface area contributed by atoms with Crippen molar-refractivity contribution < 1.29 is 13.9 Å². The zero-order chi connectivity index (χ0) is 19.2. The molecule has 0 saturated heterocycles. The van der Waals surface area contributed by atoms with Crippen LogP contribution in [0.25, 0.3) is 0 Å². The van der Waals surface area contributed by atoms with Crippen LogP contribution in [0.5, 0.6) is 11.5 Å². The lowest BCUT2D eigenvalue weighted by Gasteiger charge is -2.10. The molecule has 8 heteroatoms.